The van der Waals surface area contributed by atoms with Crippen molar-refractivity contribution in [2.45, 2.75) is 53.0 Å². The van der Waals surface area contributed by atoms with Gasteiger partial charge in [0, 0.05) is 17.5 Å². The van der Waals surface area contributed by atoms with Crippen molar-refractivity contribution in [2.24, 2.45) is 0 Å². The molecule has 0 saturated carbocycles. The third kappa shape index (κ3) is 3.42. The quantitative estimate of drug-likeness (QED) is 0.809. The number of nitrogens with one attached hydrogen (secondary N) is 1. The molecule has 0 saturated heterocycles. The van der Waals surface area contributed by atoms with Gasteiger partial charge in [0.15, 0.2) is 0 Å². The number of aromatic nitrogens is 2. The van der Waals surface area contributed by atoms with Crippen LogP contribution in [0.4, 0.5) is 0 Å². The smallest absolute Gasteiger partial charge is 0.219 e. The summed E-state index contributed by atoms with van der Waals surface area (Å²) in [7, 11) is 0. The zero-order valence-electron chi connectivity index (χ0n) is 12.2. The van der Waals surface area contributed by atoms with Crippen LogP contribution in [0.5, 0.6) is 5.88 Å². The summed E-state index contributed by atoms with van der Waals surface area (Å²) in [5.74, 6) is 1.07. The number of nitrogens with zero attached hydrogens (tertiary/aromatic N) is 2. The second-order valence-corrected chi connectivity index (χ2v) is 4.48. The van der Waals surface area contributed by atoms with Crippen molar-refractivity contribution in [1.82, 2.24) is 15.3 Å². The minimum atomic E-state index is 0.358. The zero-order valence-corrected chi connectivity index (χ0v) is 12.2. The first kappa shape index (κ1) is 14.9. The molecule has 0 fully saturated rings. The van der Waals surface area contributed by atoms with Crippen LogP contribution in [0.15, 0.2) is 6.33 Å². The van der Waals surface area contributed by atoms with Crippen molar-refractivity contribution in [3.8, 4) is 5.88 Å². The van der Waals surface area contributed by atoms with Gasteiger partial charge in [0.05, 0.1) is 12.3 Å². The molecular formula is C14H25N3O. The van der Waals surface area contributed by atoms with Gasteiger partial charge in [-0.25, -0.2) is 9.97 Å². The van der Waals surface area contributed by atoms with E-state index in [0.717, 1.165) is 24.2 Å². The summed E-state index contributed by atoms with van der Waals surface area (Å²) in [4.78, 5) is 8.63. The first-order chi connectivity index (χ1) is 8.65. The molecule has 1 aromatic heterocycles. The molecule has 4 nitrogen and oxygen atoms in total. The molecule has 0 aromatic carbocycles. The minimum absolute atomic E-state index is 0.358. The number of ether oxygens (including phenoxy) is 1. The summed E-state index contributed by atoms with van der Waals surface area (Å²) in [6, 6.07) is 0.443. The van der Waals surface area contributed by atoms with Crippen molar-refractivity contribution in [3.05, 3.63) is 17.6 Å². The lowest BCUT2D eigenvalue weighted by Gasteiger charge is -2.24. The normalized spacial score (nSPS) is 14.3. The monoisotopic (exact) mass is 251 g/mol. The third-order valence-corrected chi connectivity index (χ3v) is 3.30. The molecule has 102 valence electrons. The van der Waals surface area contributed by atoms with Crippen LogP contribution in [0, 0.1) is 6.92 Å². The van der Waals surface area contributed by atoms with Crippen LogP contribution in [0.2, 0.25) is 0 Å². The highest BCUT2D eigenvalue weighted by Gasteiger charge is 2.21. The van der Waals surface area contributed by atoms with E-state index in [1.54, 1.807) is 6.33 Å². The van der Waals surface area contributed by atoms with Gasteiger partial charge >= 0.3 is 0 Å². The second-order valence-electron chi connectivity index (χ2n) is 4.48. The van der Waals surface area contributed by atoms with Gasteiger partial charge in [-0.05, 0) is 26.8 Å². The van der Waals surface area contributed by atoms with Crippen molar-refractivity contribution < 1.29 is 4.74 Å². The molecule has 0 amide bonds. The molecule has 0 aliphatic heterocycles. The van der Waals surface area contributed by atoms with Gasteiger partial charge < -0.3 is 10.1 Å². The van der Waals surface area contributed by atoms with E-state index < -0.39 is 0 Å². The molecule has 2 unspecified atom stereocenters. The van der Waals surface area contributed by atoms with E-state index in [1.165, 1.54) is 0 Å². The first-order valence-corrected chi connectivity index (χ1v) is 6.83. The van der Waals surface area contributed by atoms with Crippen LogP contribution < -0.4 is 10.1 Å². The largest absolute Gasteiger partial charge is 0.478 e. The number of rotatable bonds is 7. The highest BCUT2D eigenvalue weighted by molar-refractivity contribution is 5.31. The standard InChI is InChI=1S/C14H25N3O/c1-6-12(15-7-2)10(4)13-11(5)14(18-8-3)17-9-16-13/h9-10,12,15H,6-8H2,1-5H3. The van der Waals surface area contributed by atoms with Crippen LogP contribution >= 0.6 is 0 Å². The maximum absolute atomic E-state index is 5.53. The fraction of sp³-hybridized carbons (Fsp3) is 0.714. The fourth-order valence-corrected chi connectivity index (χ4v) is 2.32. The molecule has 1 heterocycles. The molecule has 1 aromatic rings. The molecular weight excluding hydrogens is 226 g/mol. The van der Waals surface area contributed by atoms with E-state index in [4.69, 9.17) is 4.74 Å². The van der Waals surface area contributed by atoms with Crippen molar-refractivity contribution in [3.63, 3.8) is 0 Å². The Morgan fingerprint density at radius 3 is 2.56 bits per heavy atom. The Labute approximate surface area is 110 Å². The zero-order chi connectivity index (χ0) is 13.5. The lowest BCUT2D eigenvalue weighted by Crippen LogP contribution is -2.33. The van der Waals surface area contributed by atoms with E-state index in [-0.39, 0.29) is 0 Å². The molecule has 1 N–H and O–H groups in total. The lowest BCUT2D eigenvalue weighted by molar-refractivity contribution is 0.321. The number of hydrogen-bond acceptors (Lipinski definition) is 4. The van der Waals surface area contributed by atoms with Gasteiger partial charge in [0.1, 0.15) is 6.33 Å². The number of hydrogen-bond donors (Lipinski definition) is 1. The predicted molar refractivity (Wildman–Crippen MR) is 74.1 cm³/mol. The van der Waals surface area contributed by atoms with Crippen molar-refractivity contribution >= 4 is 0 Å². The molecule has 2 atom stereocenters. The van der Waals surface area contributed by atoms with Crippen LogP contribution in [0.3, 0.4) is 0 Å². The molecule has 4 heteroatoms. The Morgan fingerprint density at radius 2 is 2.00 bits per heavy atom. The average molecular weight is 251 g/mol. The fourth-order valence-electron chi connectivity index (χ4n) is 2.32. The van der Waals surface area contributed by atoms with Gasteiger partial charge in [0.2, 0.25) is 5.88 Å². The third-order valence-electron chi connectivity index (χ3n) is 3.30. The number of likely N-dealkylation sites (N-methyl/N-ethyl adjacent to an activating group) is 1. The van der Waals surface area contributed by atoms with Crippen LogP contribution in [-0.4, -0.2) is 29.2 Å². The summed E-state index contributed by atoms with van der Waals surface area (Å²) >= 11 is 0. The van der Waals surface area contributed by atoms with E-state index in [2.05, 4.69) is 36.1 Å². The minimum Gasteiger partial charge on any atom is -0.478 e. The Morgan fingerprint density at radius 1 is 1.28 bits per heavy atom. The molecule has 0 radical (unpaired) electrons. The van der Waals surface area contributed by atoms with Gasteiger partial charge in [-0.15, -0.1) is 0 Å². The molecule has 1 rings (SSSR count). The topological polar surface area (TPSA) is 47.0 Å². The highest BCUT2D eigenvalue weighted by Crippen LogP contribution is 2.26. The van der Waals surface area contributed by atoms with Crippen LogP contribution in [0.1, 0.15) is 51.3 Å². The summed E-state index contributed by atoms with van der Waals surface area (Å²) in [5, 5.41) is 3.51. The maximum Gasteiger partial charge on any atom is 0.219 e. The maximum atomic E-state index is 5.53. The van der Waals surface area contributed by atoms with E-state index in [1.807, 2.05) is 13.8 Å². The van der Waals surface area contributed by atoms with E-state index in [0.29, 0.717) is 24.4 Å². The van der Waals surface area contributed by atoms with Gasteiger partial charge in [-0.1, -0.05) is 20.8 Å². The highest BCUT2D eigenvalue weighted by atomic mass is 16.5. The van der Waals surface area contributed by atoms with E-state index >= 15 is 0 Å². The summed E-state index contributed by atoms with van der Waals surface area (Å²) < 4.78 is 5.53. The van der Waals surface area contributed by atoms with Crippen molar-refractivity contribution in [2.75, 3.05) is 13.2 Å². The SMILES string of the molecule is CCNC(CC)C(C)c1ncnc(OCC)c1C. The molecule has 18 heavy (non-hydrogen) atoms. The van der Waals surface area contributed by atoms with Gasteiger partial charge in [-0.2, -0.15) is 0 Å². The lowest BCUT2D eigenvalue weighted by atomic mass is 9.93. The Bertz CT molecular complexity index is 368. The molecule has 0 bridgehead atoms. The summed E-state index contributed by atoms with van der Waals surface area (Å²) in [5.41, 5.74) is 2.14. The molecule has 0 spiro atoms. The Balaban J connectivity index is 2.97. The summed E-state index contributed by atoms with van der Waals surface area (Å²) in [6.45, 7) is 12.2. The van der Waals surface area contributed by atoms with Crippen LogP contribution in [0.25, 0.3) is 0 Å². The Kier molecular flexibility index (Phi) is 6.05. The van der Waals surface area contributed by atoms with Crippen LogP contribution in [-0.2, 0) is 0 Å². The average Bonchev–Trinajstić information content (AvgIpc) is 2.38. The first-order valence-electron chi connectivity index (χ1n) is 6.83. The predicted octanol–water partition coefficient (Wildman–Crippen LogP) is 2.68. The second kappa shape index (κ2) is 7.31. The Hall–Kier alpha value is -1.16. The van der Waals surface area contributed by atoms with Gasteiger partial charge in [0.25, 0.3) is 0 Å². The molecule has 0 aliphatic carbocycles. The van der Waals surface area contributed by atoms with E-state index in [9.17, 15) is 0 Å². The van der Waals surface area contributed by atoms with Crippen molar-refractivity contribution in [1.29, 1.82) is 0 Å². The summed E-state index contributed by atoms with van der Waals surface area (Å²) in [6.07, 6.45) is 2.69. The molecule has 0 aliphatic rings. The van der Waals surface area contributed by atoms with Gasteiger partial charge in [-0.3, -0.25) is 0 Å².